The third-order valence-electron chi connectivity index (χ3n) is 5.63. The molecule has 0 fully saturated rings. The number of benzene rings is 2. The fraction of sp³-hybridized carbons (Fsp3) is 0.464. The van der Waals surface area contributed by atoms with Crippen LogP contribution in [-0.2, 0) is 16.1 Å². The van der Waals surface area contributed by atoms with Crippen molar-refractivity contribution in [1.29, 1.82) is 0 Å². The van der Waals surface area contributed by atoms with Crippen molar-refractivity contribution < 1.29 is 14.3 Å². The molecule has 0 bridgehead atoms. The number of hydrogen-bond acceptors (Lipinski definition) is 4. The molecular weight excluding hydrogens is 472 g/mol. The highest BCUT2D eigenvalue weighted by molar-refractivity contribution is 7.80. The minimum absolute atomic E-state index is 0.146. The van der Waals surface area contributed by atoms with Crippen LogP contribution in [0.1, 0.15) is 63.9 Å². The summed E-state index contributed by atoms with van der Waals surface area (Å²) in [5.74, 6) is -0.272. The van der Waals surface area contributed by atoms with E-state index in [1.807, 2.05) is 60.7 Å². The third kappa shape index (κ3) is 13.1. The van der Waals surface area contributed by atoms with Crippen molar-refractivity contribution in [2.24, 2.45) is 0 Å². The van der Waals surface area contributed by atoms with Gasteiger partial charge in [0.1, 0.15) is 12.6 Å². The lowest BCUT2D eigenvalue weighted by Crippen LogP contribution is -2.44. The van der Waals surface area contributed by atoms with E-state index in [0.717, 1.165) is 31.4 Å². The molecule has 196 valence electrons. The summed E-state index contributed by atoms with van der Waals surface area (Å²) in [7, 11) is 0. The standard InChI is InChI=1S/C28H40N4O3S/c1-2-3-4-5-13-20-29-27(36)30-21-14-12-19-25(26(33)31-24-17-10-7-11-18-24)32-28(34)35-22-23-15-8-6-9-16-23/h6-11,15-18,25H,2-5,12-14,19-22H2,1H3,(H,31,33)(H,32,34)(H2,29,30,36). The average Bonchev–Trinajstić information content (AvgIpc) is 2.89. The third-order valence-corrected chi connectivity index (χ3v) is 5.92. The predicted molar refractivity (Wildman–Crippen MR) is 150 cm³/mol. The van der Waals surface area contributed by atoms with Gasteiger partial charge in [0.05, 0.1) is 0 Å². The highest BCUT2D eigenvalue weighted by Crippen LogP contribution is 2.09. The summed E-state index contributed by atoms with van der Waals surface area (Å²) in [5, 5.41) is 12.7. The smallest absolute Gasteiger partial charge is 0.408 e. The first kappa shape index (κ1) is 29.1. The van der Waals surface area contributed by atoms with Crippen LogP contribution in [0.4, 0.5) is 10.5 Å². The van der Waals surface area contributed by atoms with Gasteiger partial charge < -0.3 is 26.0 Å². The summed E-state index contributed by atoms with van der Waals surface area (Å²) in [6.07, 6.45) is 7.55. The number of thiocarbonyl (C=S) groups is 1. The molecule has 0 saturated heterocycles. The molecule has 0 heterocycles. The highest BCUT2D eigenvalue weighted by atomic mass is 32.1. The minimum Gasteiger partial charge on any atom is -0.445 e. The SMILES string of the molecule is CCCCCCCNC(=S)NCCCCC(NC(=O)OCc1ccccc1)C(=O)Nc1ccccc1. The van der Waals surface area contributed by atoms with Crippen LogP contribution in [-0.4, -0.2) is 36.2 Å². The van der Waals surface area contributed by atoms with Crippen molar-refractivity contribution >= 4 is 35.0 Å². The second-order valence-electron chi connectivity index (χ2n) is 8.71. The Morgan fingerprint density at radius 1 is 0.833 bits per heavy atom. The molecule has 0 aliphatic heterocycles. The normalized spacial score (nSPS) is 11.2. The van der Waals surface area contributed by atoms with Gasteiger partial charge in [0.25, 0.3) is 0 Å². The van der Waals surface area contributed by atoms with E-state index in [1.165, 1.54) is 25.7 Å². The second-order valence-corrected chi connectivity index (χ2v) is 9.11. The van der Waals surface area contributed by atoms with Crippen molar-refractivity contribution in [2.75, 3.05) is 18.4 Å². The average molecular weight is 513 g/mol. The fourth-order valence-electron chi connectivity index (χ4n) is 3.60. The first-order valence-corrected chi connectivity index (χ1v) is 13.3. The maximum absolute atomic E-state index is 12.9. The Hall–Kier alpha value is -3.13. The van der Waals surface area contributed by atoms with Crippen LogP contribution in [0.15, 0.2) is 60.7 Å². The molecular formula is C28H40N4O3S. The van der Waals surface area contributed by atoms with Crippen molar-refractivity contribution in [1.82, 2.24) is 16.0 Å². The van der Waals surface area contributed by atoms with Crippen LogP contribution in [0.5, 0.6) is 0 Å². The van der Waals surface area contributed by atoms with E-state index in [4.69, 9.17) is 17.0 Å². The van der Waals surface area contributed by atoms with Crippen molar-refractivity contribution in [2.45, 2.75) is 70.9 Å². The van der Waals surface area contributed by atoms with Gasteiger partial charge in [-0.15, -0.1) is 0 Å². The van der Waals surface area contributed by atoms with E-state index in [0.29, 0.717) is 23.8 Å². The molecule has 0 aromatic heterocycles. The molecule has 7 nitrogen and oxygen atoms in total. The maximum atomic E-state index is 12.9. The summed E-state index contributed by atoms with van der Waals surface area (Å²) in [6, 6.07) is 17.9. The van der Waals surface area contributed by atoms with Gasteiger partial charge in [-0.3, -0.25) is 4.79 Å². The van der Waals surface area contributed by atoms with Gasteiger partial charge >= 0.3 is 6.09 Å². The Bertz CT molecular complexity index is 896. The van der Waals surface area contributed by atoms with Crippen LogP contribution in [0.25, 0.3) is 0 Å². The van der Waals surface area contributed by atoms with Crippen LogP contribution in [0, 0.1) is 0 Å². The monoisotopic (exact) mass is 512 g/mol. The van der Waals surface area contributed by atoms with Gasteiger partial charge in [0.2, 0.25) is 5.91 Å². The molecule has 0 aliphatic carbocycles. The van der Waals surface area contributed by atoms with Gasteiger partial charge in [-0.2, -0.15) is 0 Å². The van der Waals surface area contributed by atoms with Gasteiger partial charge in [-0.1, -0.05) is 81.1 Å². The van der Waals surface area contributed by atoms with Crippen LogP contribution < -0.4 is 21.3 Å². The number of rotatable bonds is 16. The molecule has 0 radical (unpaired) electrons. The van der Waals surface area contributed by atoms with E-state index < -0.39 is 12.1 Å². The summed E-state index contributed by atoms with van der Waals surface area (Å²) >= 11 is 5.34. The first-order valence-electron chi connectivity index (χ1n) is 12.9. The number of carbonyl (C=O) groups is 2. The maximum Gasteiger partial charge on any atom is 0.408 e. The number of nitrogens with one attached hydrogen (secondary N) is 4. The molecule has 1 unspecified atom stereocenters. The van der Waals surface area contributed by atoms with E-state index in [9.17, 15) is 9.59 Å². The number of hydrogen-bond donors (Lipinski definition) is 4. The molecule has 2 aromatic rings. The van der Waals surface area contributed by atoms with E-state index >= 15 is 0 Å². The van der Waals surface area contributed by atoms with E-state index in [2.05, 4.69) is 28.2 Å². The van der Waals surface area contributed by atoms with E-state index in [-0.39, 0.29) is 12.5 Å². The molecule has 4 N–H and O–H groups in total. The Morgan fingerprint density at radius 2 is 1.44 bits per heavy atom. The van der Waals surface area contributed by atoms with Gasteiger partial charge in [0.15, 0.2) is 5.11 Å². The number of anilines is 1. The summed E-state index contributed by atoms with van der Waals surface area (Å²) < 4.78 is 5.32. The lowest BCUT2D eigenvalue weighted by Gasteiger charge is -2.19. The van der Waals surface area contributed by atoms with Gasteiger partial charge in [-0.05, 0) is 55.6 Å². The molecule has 0 saturated carbocycles. The lowest BCUT2D eigenvalue weighted by atomic mass is 10.1. The summed E-state index contributed by atoms with van der Waals surface area (Å²) in [5.41, 5.74) is 1.56. The molecule has 2 aromatic carbocycles. The Kier molecular flexibility index (Phi) is 14.7. The lowest BCUT2D eigenvalue weighted by molar-refractivity contribution is -0.118. The quantitative estimate of drug-likeness (QED) is 0.175. The highest BCUT2D eigenvalue weighted by Gasteiger charge is 2.21. The largest absolute Gasteiger partial charge is 0.445 e. The van der Waals surface area contributed by atoms with Crippen LogP contribution in [0.2, 0.25) is 0 Å². The van der Waals surface area contributed by atoms with Crippen molar-refractivity contribution in [3.8, 4) is 0 Å². The number of para-hydroxylation sites is 1. The molecule has 8 heteroatoms. The number of ether oxygens (including phenoxy) is 1. The zero-order valence-electron chi connectivity index (χ0n) is 21.3. The topological polar surface area (TPSA) is 91.5 Å². The number of unbranched alkanes of at least 4 members (excludes halogenated alkanes) is 5. The molecule has 1 atom stereocenters. The molecule has 0 aliphatic rings. The Balaban J connectivity index is 1.73. The van der Waals surface area contributed by atoms with Crippen molar-refractivity contribution in [3.63, 3.8) is 0 Å². The first-order chi connectivity index (χ1) is 17.6. The summed E-state index contributed by atoms with van der Waals surface area (Å²) in [6.45, 7) is 3.94. The molecule has 2 amide bonds. The Morgan fingerprint density at radius 3 is 2.11 bits per heavy atom. The van der Waals surface area contributed by atoms with Crippen LogP contribution >= 0.6 is 12.2 Å². The molecule has 0 spiro atoms. The zero-order valence-corrected chi connectivity index (χ0v) is 22.1. The van der Waals surface area contributed by atoms with Gasteiger partial charge in [-0.25, -0.2) is 4.79 Å². The number of alkyl carbamates (subject to hydrolysis) is 1. The summed E-state index contributed by atoms with van der Waals surface area (Å²) in [4.78, 5) is 25.3. The van der Waals surface area contributed by atoms with Crippen LogP contribution in [0.3, 0.4) is 0 Å². The van der Waals surface area contributed by atoms with Crippen molar-refractivity contribution in [3.05, 3.63) is 66.2 Å². The fourth-order valence-corrected chi connectivity index (χ4v) is 3.80. The molecule has 36 heavy (non-hydrogen) atoms. The number of carbonyl (C=O) groups excluding carboxylic acids is 2. The Labute approximate surface area is 220 Å². The second kappa shape index (κ2) is 18.2. The zero-order chi connectivity index (χ0) is 25.8. The molecule has 2 rings (SSSR count). The minimum atomic E-state index is -0.707. The van der Waals surface area contributed by atoms with E-state index in [1.54, 1.807) is 0 Å². The van der Waals surface area contributed by atoms with Gasteiger partial charge in [0, 0.05) is 18.8 Å². The number of amides is 2. The predicted octanol–water partition coefficient (Wildman–Crippen LogP) is 5.52.